The third-order valence-corrected chi connectivity index (χ3v) is 3.78. The van der Waals surface area contributed by atoms with E-state index in [1.165, 1.54) is 48.8 Å². The molecule has 2 aromatic carbocycles. The smallest absolute Gasteiger partial charge is 0.285 e. The Bertz CT molecular complexity index is 830. The van der Waals surface area contributed by atoms with Crippen molar-refractivity contribution in [2.75, 3.05) is 0 Å². The molecule has 0 atom stereocenters. The summed E-state index contributed by atoms with van der Waals surface area (Å²) < 4.78 is 23.2. The maximum absolute atomic E-state index is 11.6. The number of para-hydroxylation sites is 1. The normalized spacial score (nSPS) is 11.1. The van der Waals surface area contributed by atoms with Crippen LogP contribution in [0.5, 0.6) is 0 Å². The molecule has 0 amide bonds. The van der Waals surface area contributed by atoms with Crippen LogP contribution in [0.4, 0.5) is 5.69 Å². The van der Waals surface area contributed by atoms with E-state index in [0.29, 0.717) is 0 Å². The van der Waals surface area contributed by atoms with Gasteiger partial charge in [0, 0.05) is 5.56 Å². The van der Waals surface area contributed by atoms with Gasteiger partial charge in [-0.3, -0.25) is 14.9 Å². The second kappa shape index (κ2) is 5.43. The molecule has 21 heavy (non-hydrogen) atoms. The van der Waals surface area contributed by atoms with E-state index < -0.39 is 20.6 Å². The van der Waals surface area contributed by atoms with Crippen molar-refractivity contribution in [3.63, 3.8) is 0 Å². The lowest BCUT2D eigenvalue weighted by molar-refractivity contribution is -0.384. The molecule has 0 aromatic heterocycles. The van der Waals surface area contributed by atoms with E-state index >= 15 is 0 Å². The first-order valence-electron chi connectivity index (χ1n) is 5.64. The zero-order valence-corrected chi connectivity index (χ0v) is 11.3. The minimum atomic E-state index is -4.06. The molecule has 107 valence electrons. The van der Waals surface area contributed by atoms with Gasteiger partial charge in [0.2, 0.25) is 16.3 Å². The fourth-order valence-corrected chi connectivity index (χ4v) is 2.73. The second-order valence-corrected chi connectivity index (χ2v) is 5.63. The highest BCUT2D eigenvalue weighted by molar-refractivity contribution is 7.89. The Hall–Kier alpha value is -2.58. The van der Waals surface area contributed by atoms with Crippen LogP contribution in [0, 0.1) is 10.1 Å². The van der Waals surface area contributed by atoms with Gasteiger partial charge in [0.15, 0.2) is 0 Å². The van der Waals surface area contributed by atoms with Gasteiger partial charge < -0.3 is 0 Å². The highest BCUT2D eigenvalue weighted by Crippen LogP contribution is 2.35. The van der Waals surface area contributed by atoms with Gasteiger partial charge in [0.05, 0.1) is 15.4 Å². The van der Waals surface area contributed by atoms with E-state index in [1.54, 1.807) is 0 Å². The van der Waals surface area contributed by atoms with Crippen LogP contribution in [0.2, 0.25) is 0 Å². The summed E-state index contributed by atoms with van der Waals surface area (Å²) in [6.45, 7) is 0. The lowest BCUT2D eigenvalue weighted by Crippen LogP contribution is -2.13. The first kappa shape index (κ1) is 14.8. The molecule has 2 rings (SSSR count). The average molecular weight is 305 g/mol. The SMILES string of the molecule is NS(=O)(=O)c1ccccc1-c1cccc([C]=O)c1[N+](=O)[O-]. The number of benzene rings is 2. The number of rotatable bonds is 4. The molecule has 0 saturated heterocycles. The van der Waals surface area contributed by atoms with Gasteiger partial charge >= 0.3 is 0 Å². The molecule has 0 aliphatic rings. The number of hydrogen-bond donors (Lipinski definition) is 1. The van der Waals surface area contributed by atoms with Crippen molar-refractivity contribution in [2.24, 2.45) is 5.14 Å². The Morgan fingerprint density at radius 1 is 1.05 bits per heavy atom. The van der Waals surface area contributed by atoms with Gasteiger partial charge in [-0.05, 0) is 18.2 Å². The molecule has 2 N–H and O–H groups in total. The van der Waals surface area contributed by atoms with E-state index in [4.69, 9.17) is 5.14 Å². The summed E-state index contributed by atoms with van der Waals surface area (Å²) in [4.78, 5) is 21.0. The van der Waals surface area contributed by atoms with Crippen molar-refractivity contribution in [3.05, 3.63) is 58.1 Å². The van der Waals surface area contributed by atoms with Crippen LogP contribution in [0.3, 0.4) is 0 Å². The van der Waals surface area contributed by atoms with Gasteiger partial charge in [-0.25, -0.2) is 13.6 Å². The maximum atomic E-state index is 11.6. The lowest BCUT2D eigenvalue weighted by Gasteiger charge is -2.09. The fraction of sp³-hybridized carbons (Fsp3) is 0. The minimum Gasteiger partial charge on any atom is -0.285 e. The molecule has 0 unspecified atom stereocenters. The Morgan fingerprint density at radius 2 is 1.67 bits per heavy atom. The zero-order valence-electron chi connectivity index (χ0n) is 10.5. The van der Waals surface area contributed by atoms with Crippen LogP contribution in [0.1, 0.15) is 5.56 Å². The molecule has 0 aliphatic heterocycles. The minimum absolute atomic E-state index is 0.00882. The number of primary sulfonamides is 1. The summed E-state index contributed by atoms with van der Waals surface area (Å²) in [5.41, 5.74) is -0.723. The Kier molecular flexibility index (Phi) is 3.83. The topological polar surface area (TPSA) is 120 Å². The summed E-state index contributed by atoms with van der Waals surface area (Å²) >= 11 is 0. The predicted octanol–water partition coefficient (Wildman–Crippen LogP) is 1.37. The molecule has 0 heterocycles. The highest BCUT2D eigenvalue weighted by atomic mass is 32.2. The number of carbonyl (C=O) groups excluding carboxylic acids is 1. The first-order valence-corrected chi connectivity index (χ1v) is 7.18. The Balaban J connectivity index is 2.87. The van der Waals surface area contributed by atoms with Gasteiger partial charge in [0.25, 0.3) is 5.69 Å². The molecule has 1 radical (unpaired) electrons. The lowest BCUT2D eigenvalue weighted by atomic mass is 10.0. The highest BCUT2D eigenvalue weighted by Gasteiger charge is 2.24. The summed E-state index contributed by atoms with van der Waals surface area (Å²) in [7, 11) is -4.06. The standard InChI is InChI=1S/C13H9N2O5S/c14-21(19,20)12-7-2-1-5-10(12)11-6-3-4-9(8-16)13(11)15(17)18/h1-7H,(H2,14,19,20). The van der Waals surface area contributed by atoms with E-state index in [1.807, 2.05) is 0 Å². The van der Waals surface area contributed by atoms with Crippen LogP contribution in [-0.2, 0) is 14.8 Å². The third kappa shape index (κ3) is 2.81. The molecule has 0 aliphatic carbocycles. The van der Waals surface area contributed by atoms with Gasteiger partial charge in [0.1, 0.15) is 5.56 Å². The monoisotopic (exact) mass is 305 g/mol. The van der Waals surface area contributed by atoms with Crippen LogP contribution in [-0.4, -0.2) is 19.6 Å². The van der Waals surface area contributed by atoms with Crippen LogP contribution < -0.4 is 5.14 Å². The zero-order chi connectivity index (χ0) is 15.6. The fourth-order valence-electron chi connectivity index (χ4n) is 1.98. The first-order chi connectivity index (χ1) is 9.86. The van der Waals surface area contributed by atoms with E-state index in [2.05, 4.69) is 0 Å². The summed E-state index contributed by atoms with van der Waals surface area (Å²) in [6.07, 6.45) is 1.47. The number of hydrogen-bond acceptors (Lipinski definition) is 5. The van der Waals surface area contributed by atoms with E-state index in [0.717, 1.165) is 0 Å². The van der Waals surface area contributed by atoms with Crippen molar-refractivity contribution < 1.29 is 18.1 Å². The van der Waals surface area contributed by atoms with E-state index in [-0.39, 0.29) is 21.6 Å². The molecule has 0 bridgehead atoms. The number of nitro benzene ring substituents is 1. The predicted molar refractivity (Wildman–Crippen MR) is 74.7 cm³/mol. The van der Waals surface area contributed by atoms with Crippen LogP contribution >= 0.6 is 0 Å². The van der Waals surface area contributed by atoms with Crippen LogP contribution in [0.15, 0.2) is 47.4 Å². The molecule has 0 saturated carbocycles. The molecular formula is C13H9N2O5S. The molecule has 0 spiro atoms. The maximum Gasteiger partial charge on any atom is 0.288 e. The summed E-state index contributed by atoms with van der Waals surface area (Å²) in [5.74, 6) is 0. The molecule has 8 heteroatoms. The molecular weight excluding hydrogens is 296 g/mol. The van der Waals surface area contributed by atoms with Gasteiger partial charge in [-0.15, -0.1) is 0 Å². The van der Waals surface area contributed by atoms with Crippen molar-refractivity contribution in [3.8, 4) is 11.1 Å². The summed E-state index contributed by atoms with van der Waals surface area (Å²) in [5, 5.41) is 16.3. The average Bonchev–Trinajstić information content (AvgIpc) is 2.45. The molecule has 7 nitrogen and oxygen atoms in total. The van der Waals surface area contributed by atoms with E-state index in [9.17, 15) is 23.3 Å². The van der Waals surface area contributed by atoms with Crippen molar-refractivity contribution in [1.29, 1.82) is 0 Å². The number of sulfonamides is 1. The van der Waals surface area contributed by atoms with Crippen molar-refractivity contribution in [2.45, 2.75) is 4.90 Å². The molecule has 0 fully saturated rings. The Morgan fingerprint density at radius 3 is 2.24 bits per heavy atom. The van der Waals surface area contributed by atoms with Crippen molar-refractivity contribution in [1.82, 2.24) is 0 Å². The van der Waals surface area contributed by atoms with Gasteiger partial charge in [-0.2, -0.15) is 0 Å². The number of nitrogens with zero attached hydrogens (tertiary/aromatic N) is 1. The van der Waals surface area contributed by atoms with Crippen LogP contribution in [0.25, 0.3) is 11.1 Å². The Labute approximate surface area is 120 Å². The largest absolute Gasteiger partial charge is 0.288 e. The summed E-state index contributed by atoms with van der Waals surface area (Å²) in [6, 6.07) is 9.58. The second-order valence-electron chi connectivity index (χ2n) is 4.10. The van der Waals surface area contributed by atoms with Gasteiger partial charge in [-0.1, -0.05) is 24.3 Å². The number of nitrogens with two attached hydrogens (primary N) is 1. The molecule has 2 aromatic rings. The van der Waals surface area contributed by atoms with Crippen molar-refractivity contribution >= 4 is 22.0 Å². The third-order valence-electron chi connectivity index (χ3n) is 2.81. The quantitative estimate of drug-likeness (QED) is 0.675. The number of nitro groups is 1.